The number of nitrogens with one attached hydrogen (secondary N) is 6. The quantitative estimate of drug-likeness (QED) is 0.0421. The summed E-state index contributed by atoms with van der Waals surface area (Å²) in [4.78, 5) is 103. The van der Waals surface area contributed by atoms with E-state index in [-0.39, 0.29) is 73.1 Å². The van der Waals surface area contributed by atoms with Gasteiger partial charge in [-0.1, -0.05) is 60.7 Å². The number of carbonyl (C=O) groups is 8. The maximum absolute atomic E-state index is 13.9. The molecule has 6 amide bonds. The Bertz CT molecular complexity index is 2250. The summed E-state index contributed by atoms with van der Waals surface area (Å²) in [6, 6.07) is 16.5. The molecular formula is C44H54N7NaO12S. The van der Waals surface area contributed by atoms with Crippen LogP contribution in [0.3, 0.4) is 0 Å². The molecule has 10 N–H and O–H groups in total. The van der Waals surface area contributed by atoms with Crippen LogP contribution in [0, 0.1) is 0 Å². The number of fused-ring (bicyclic) bond motifs is 1. The Morgan fingerprint density at radius 2 is 1.37 bits per heavy atom. The zero-order valence-electron chi connectivity index (χ0n) is 36.8. The first kappa shape index (κ1) is 55.0. The molecule has 0 saturated heterocycles. The van der Waals surface area contributed by atoms with Crippen LogP contribution in [0.4, 0.5) is 4.79 Å². The van der Waals surface area contributed by atoms with Gasteiger partial charge in [0.05, 0.1) is 12.4 Å². The van der Waals surface area contributed by atoms with E-state index in [0.29, 0.717) is 16.9 Å². The summed E-state index contributed by atoms with van der Waals surface area (Å²) in [6.07, 6.45) is 1.93. The van der Waals surface area contributed by atoms with Gasteiger partial charge in [-0.2, -0.15) is 11.8 Å². The number of alkyl carbamates (subject to hydrolysis) is 1. The molecule has 0 radical (unpaired) electrons. The molecule has 0 aliphatic carbocycles. The fraction of sp³-hybridized carbons (Fsp3) is 0.364. The van der Waals surface area contributed by atoms with Crippen LogP contribution in [0.5, 0.6) is 5.75 Å². The molecule has 0 fully saturated rings. The van der Waals surface area contributed by atoms with Crippen LogP contribution in [0.2, 0.25) is 0 Å². The molecule has 4 aromatic rings. The minimum atomic E-state index is -1.62. The number of hydrogen-bond donors (Lipinski definition) is 9. The third kappa shape index (κ3) is 19.7. The normalized spacial score (nSPS) is 12.6. The van der Waals surface area contributed by atoms with E-state index in [4.69, 9.17) is 15.6 Å². The molecule has 4 rings (SSSR count). The average molecular weight is 928 g/mol. The minimum Gasteiger partial charge on any atom is -0.545 e. The molecule has 0 aliphatic rings. The minimum absolute atomic E-state index is 0. The zero-order valence-corrected chi connectivity index (χ0v) is 39.6. The first-order valence-corrected chi connectivity index (χ1v) is 21.4. The maximum Gasteiger partial charge on any atom is 1.00 e. The Hall–Kier alpha value is -6.09. The molecule has 0 bridgehead atoms. The summed E-state index contributed by atoms with van der Waals surface area (Å²) in [6.45, 7) is 5.03. The smallest absolute Gasteiger partial charge is 0.545 e. The summed E-state index contributed by atoms with van der Waals surface area (Å²) in [5.74, 6) is -6.57. The zero-order chi connectivity index (χ0) is 47.4. The molecule has 0 unspecified atom stereocenters. The average Bonchev–Trinajstić information content (AvgIpc) is 3.63. The van der Waals surface area contributed by atoms with Crippen molar-refractivity contribution in [1.29, 1.82) is 0 Å². The van der Waals surface area contributed by atoms with E-state index in [1.54, 1.807) is 69.6 Å². The fourth-order valence-corrected chi connectivity index (χ4v) is 6.48. The number of H-pyrrole nitrogens is 1. The van der Waals surface area contributed by atoms with Crippen molar-refractivity contribution in [2.45, 2.75) is 82.6 Å². The van der Waals surface area contributed by atoms with E-state index >= 15 is 0 Å². The van der Waals surface area contributed by atoms with E-state index < -0.39 is 83.8 Å². The summed E-state index contributed by atoms with van der Waals surface area (Å²) in [5, 5.41) is 42.1. The van der Waals surface area contributed by atoms with Gasteiger partial charge >= 0.3 is 41.6 Å². The van der Waals surface area contributed by atoms with Crippen LogP contribution in [-0.4, -0.2) is 111 Å². The Morgan fingerprint density at radius 1 is 0.785 bits per heavy atom. The number of para-hydroxylation sites is 2. The fourth-order valence-electron chi connectivity index (χ4n) is 6.01. The van der Waals surface area contributed by atoms with Gasteiger partial charge in [-0.25, -0.2) is 4.79 Å². The Balaban J connectivity index is 0.00000116. The van der Waals surface area contributed by atoms with Crippen molar-refractivity contribution in [2.24, 2.45) is 5.73 Å². The molecule has 4 atom stereocenters. The van der Waals surface area contributed by atoms with Gasteiger partial charge in [-0.15, -0.1) is 0 Å². The number of phenols is 1. The standard InChI is InChI=1S/C37H49N7O9S.C7H6O3.Na/c1-37(2,3)53-36(52)39-16-14-30(45)41-28(19-23-21-40-25-13-9-8-12-24(23)25)34(50)42-26(15-17-54-4)33(49)44-29(20-31(46)47)35(51)43-27(32(38)48)18-22-10-6-5-7-11-22;8-6-4-2-1-3-5(6)7(9)10;/h5-13,21,26-29,40H,14-20H2,1-4H3,(H2,38,48)(H,39,52)(H,41,45)(H,42,50)(H,43,51)(H,44,49)(H,46,47);1-4,8H,(H,9,10);/q;;+1/p-1/t26-,27-,28-,29-;;/m0../s1. The topological polar surface area (TPSA) is 311 Å². The molecule has 21 heteroatoms. The second-order valence-electron chi connectivity index (χ2n) is 15.3. The predicted molar refractivity (Wildman–Crippen MR) is 236 cm³/mol. The molecule has 0 aliphatic heterocycles. The van der Waals surface area contributed by atoms with Crippen molar-refractivity contribution in [2.75, 3.05) is 18.6 Å². The van der Waals surface area contributed by atoms with Gasteiger partial charge in [0.2, 0.25) is 29.5 Å². The summed E-state index contributed by atoms with van der Waals surface area (Å²) in [7, 11) is 0. The van der Waals surface area contributed by atoms with E-state index in [0.717, 1.165) is 10.9 Å². The molecular weight excluding hydrogens is 874 g/mol. The van der Waals surface area contributed by atoms with Gasteiger partial charge in [0, 0.05) is 48.5 Å². The predicted octanol–water partition coefficient (Wildman–Crippen LogP) is -1.72. The molecule has 0 saturated carbocycles. The second kappa shape index (κ2) is 27.3. The third-order valence-electron chi connectivity index (χ3n) is 9.09. The van der Waals surface area contributed by atoms with Crippen LogP contribution in [0.15, 0.2) is 85.1 Å². The number of primary amides is 1. The number of ether oxygens (including phenoxy) is 1. The summed E-state index contributed by atoms with van der Waals surface area (Å²) >= 11 is 1.39. The third-order valence-corrected chi connectivity index (χ3v) is 9.74. The number of carboxylic acids is 2. The van der Waals surface area contributed by atoms with E-state index in [1.165, 1.54) is 30.0 Å². The van der Waals surface area contributed by atoms with Crippen LogP contribution in [0.25, 0.3) is 10.9 Å². The number of aliphatic carboxylic acids is 1. The van der Waals surface area contributed by atoms with Crippen LogP contribution in [-0.2, 0) is 46.3 Å². The Kier molecular flexibility index (Phi) is 23.1. The van der Waals surface area contributed by atoms with Gasteiger partial charge in [0.15, 0.2) is 0 Å². The SMILES string of the molecule is CSCC[C@H](NC(=O)[C@H](Cc1c[nH]c2ccccc12)NC(=O)CCNC(=O)OC(C)(C)C)C(=O)N[C@@H](CC(=O)O)C(=O)N[C@@H](Cc1ccccc1)C(N)=O.O=C([O-])c1ccccc1O.[Na+]. The van der Waals surface area contributed by atoms with Crippen LogP contribution < -0.4 is 67.0 Å². The number of carbonyl (C=O) groups excluding carboxylic acids is 7. The van der Waals surface area contributed by atoms with Gasteiger partial charge in [0.25, 0.3) is 0 Å². The first-order valence-electron chi connectivity index (χ1n) is 20.0. The number of carboxylic acid groups (broad SMARTS) is 2. The molecule has 344 valence electrons. The van der Waals surface area contributed by atoms with Gasteiger partial charge in [0.1, 0.15) is 35.5 Å². The van der Waals surface area contributed by atoms with Crippen molar-refractivity contribution in [3.63, 3.8) is 0 Å². The van der Waals surface area contributed by atoms with Crippen molar-refractivity contribution < 1.29 is 88.0 Å². The largest absolute Gasteiger partial charge is 1.00 e. The summed E-state index contributed by atoms with van der Waals surface area (Å²) < 4.78 is 5.20. The second-order valence-corrected chi connectivity index (χ2v) is 16.3. The number of hydrogen-bond acceptors (Lipinski definition) is 12. The van der Waals surface area contributed by atoms with Crippen molar-refractivity contribution in [3.05, 3.63) is 102 Å². The molecule has 3 aromatic carbocycles. The number of rotatable bonds is 21. The Morgan fingerprint density at radius 3 is 1.97 bits per heavy atom. The molecule has 1 heterocycles. The number of nitrogens with two attached hydrogens (primary N) is 1. The van der Waals surface area contributed by atoms with Crippen LogP contribution in [0.1, 0.15) is 61.5 Å². The van der Waals surface area contributed by atoms with Gasteiger partial charge in [-0.05, 0) is 68.5 Å². The number of aromatic nitrogens is 1. The molecule has 65 heavy (non-hydrogen) atoms. The molecule has 1 aromatic heterocycles. The number of aromatic hydroxyl groups is 1. The van der Waals surface area contributed by atoms with Crippen LogP contribution >= 0.6 is 11.8 Å². The monoisotopic (exact) mass is 927 g/mol. The maximum atomic E-state index is 13.9. The van der Waals surface area contributed by atoms with E-state index in [1.807, 2.05) is 24.3 Å². The van der Waals surface area contributed by atoms with E-state index in [9.17, 15) is 48.6 Å². The summed E-state index contributed by atoms with van der Waals surface area (Å²) in [5.41, 5.74) is 6.82. The number of thioether (sulfide) groups is 1. The van der Waals surface area contributed by atoms with E-state index in [2.05, 4.69) is 31.6 Å². The molecule has 19 nitrogen and oxygen atoms in total. The Labute approximate surface area is 402 Å². The number of aromatic amines is 1. The van der Waals surface area contributed by atoms with Gasteiger partial charge in [-0.3, -0.25) is 28.8 Å². The number of aromatic carboxylic acids is 1. The molecule has 0 spiro atoms. The van der Waals surface area contributed by atoms with Crippen molar-refractivity contribution >= 4 is 70.2 Å². The first-order chi connectivity index (χ1) is 30.3. The number of amides is 6. The number of benzene rings is 3. The van der Waals surface area contributed by atoms with Crippen molar-refractivity contribution in [1.82, 2.24) is 31.6 Å². The van der Waals surface area contributed by atoms with Gasteiger partial charge < -0.3 is 62.2 Å². The van der Waals surface area contributed by atoms with Crippen molar-refractivity contribution in [3.8, 4) is 5.75 Å².